The van der Waals surface area contributed by atoms with E-state index in [4.69, 9.17) is 11.5 Å². The van der Waals surface area contributed by atoms with Gasteiger partial charge in [-0.15, -0.1) is 0 Å². The quantitative estimate of drug-likeness (QED) is 0.506. The number of nitrogens with two attached hydrogens (primary N) is 2. The van der Waals surface area contributed by atoms with E-state index < -0.39 is 0 Å². The molecule has 1 heterocycles. The molecule has 0 atom stereocenters. The van der Waals surface area contributed by atoms with Gasteiger partial charge in [0.05, 0.1) is 10.6 Å². The van der Waals surface area contributed by atoms with Crippen molar-refractivity contribution in [1.82, 2.24) is 4.98 Å². The third-order valence-electron chi connectivity index (χ3n) is 2.93. The first-order valence-electron chi connectivity index (χ1n) is 6.01. The van der Waals surface area contributed by atoms with Gasteiger partial charge in [-0.2, -0.15) is 0 Å². The van der Waals surface area contributed by atoms with Crippen molar-refractivity contribution >= 4 is 44.7 Å². The van der Waals surface area contributed by atoms with Gasteiger partial charge in [0.15, 0.2) is 5.13 Å². The number of nitrogen functional groups attached to an aromatic ring is 2. The Balaban J connectivity index is 2.12. The van der Waals surface area contributed by atoms with E-state index >= 15 is 0 Å². The number of halogens is 1. The molecule has 0 aliphatic carbocycles. The van der Waals surface area contributed by atoms with E-state index in [0.717, 1.165) is 27.4 Å². The van der Waals surface area contributed by atoms with Crippen LogP contribution in [-0.2, 0) is 0 Å². The predicted octanol–water partition coefficient (Wildman–Crippen LogP) is 4.25. The lowest BCUT2D eigenvalue weighted by Gasteiger charge is -2.03. The molecule has 100 valence electrons. The van der Waals surface area contributed by atoms with E-state index in [2.05, 4.69) is 51.8 Å². The highest BCUT2D eigenvalue weighted by Gasteiger charge is 2.13. The zero-order valence-corrected chi connectivity index (χ0v) is 13.5. The summed E-state index contributed by atoms with van der Waals surface area (Å²) < 4.78 is 1.20. The van der Waals surface area contributed by atoms with Crippen molar-refractivity contribution in [3.8, 4) is 21.7 Å². The molecular weight excluding hydrogens is 381 g/mol. The molecule has 0 fully saturated rings. The van der Waals surface area contributed by atoms with E-state index in [1.165, 1.54) is 14.9 Å². The Labute approximate surface area is 134 Å². The molecule has 5 heteroatoms. The van der Waals surface area contributed by atoms with Crippen molar-refractivity contribution in [2.45, 2.75) is 0 Å². The molecule has 2 aromatic carbocycles. The second kappa shape index (κ2) is 5.41. The van der Waals surface area contributed by atoms with Crippen LogP contribution in [-0.4, -0.2) is 4.98 Å². The Kier molecular flexibility index (Phi) is 3.62. The van der Waals surface area contributed by atoms with Crippen LogP contribution in [0.2, 0.25) is 0 Å². The average molecular weight is 393 g/mol. The van der Waals surface area contributed by atoms with Gasteiger partial charge in [-0.3, -0.25) is 0 Å². The summed E-state index contributed by atoms with van der Waals surface area (Å²) in [4.78, 5) is 5.54. The van der Waals surface area contributed by atoms with Crippen molar-refractivity contribution in [2.24, 2.45) is 0 Å². The first-order chi connectivity index (χ1) is 9.63. The largest absolute Gasteiger partial charge is 0.399 e. The van der Waals surface area contributed by atoms with Crippen LogP contribution in [0.15, 0.2) is 48.5 Å². The molecule has 3 rings (SSSR count). The van der Waals surface area contributed by atoms with Crippen LogP contribution in [0.4, 0.5) is 10.8 Å². The minimum Gasteiger partial charge on any atom is -0.399 e. The summed E-state index contributed by atoms with van der Waals surface area (Å²) in [6.07, 6.45) is 0. The standard InChI is InChI=1S/C15H12IN3S/c16-11-5-1-9(2-6-11)13-14(20-15(18)19-13)10-3-7-12(17)8-4-10/h1-8H,17H2,(H2,18,19). The maximum Gasteiger partial charge on any atom is 0.181 e. The molecule has 0 bridgehead atoms. The summed E-state index contributed by atoms with van der Waals surface area (Å²) in [5.41, 5.74) is 15.5. The first-order valence-corrected chi connectivity index (χ1v) is 7.91. The molecule has 1 aromatic heterocycles. The molecule has 0 aliphatic rings. The van der Waals surface area contributed by atoms with Gasteiger partial charge in [0, 0.05) is 14.8 Å². The summed E-state index contributed by atoms with van der Waals surface area (Å²) in [5, 5.41) is 0.574. The smallest absolute Gasteiger partial charge is 0.181 e. The Morgan fingerprint density at radius 3 is 2.10 bits per heavy atom. The lowest BCUT2D eigenvalue weighted by Crippen LogP contribution is -1.86. The average Bonchev–Trinajstić information content (AvgIpc) is 2.82. The van der Waals surface area contributed by atoms with E-state index in [-0.39, 0.29) is 0 Å². The van der Waals surface area contributed by atoms with Gasteiger partial charge in [-0.05, 0) is 52.4 Å². The monoisotopic (exact) mass is 393 g/mol. The summed E-state index contributed by atoms with van der Waals surface area (Å²) in [5.74, 6) is 0. The van der Waals surface area contributed by atoms with E-state index in [0.29, 0.717) is 5.13 Å². The number of hydrogen-bond acceptors (Lipinski definition) is 4. The van der Waals surface area contributed by atoms with E-state index in [1.807, 2.05) is 24.3 Å². The molecular formula is C15H12IN3S. The zero-order chi connectivity index (χ0) is 14.1. The molecule has 4 N–H and O–H groups in total. The van der Waals surface area contributed by atoms with Crippen molar-refractivity contribution < 1.29 is 0 Å². The van der Waals surface area contributed by atoms with Crippen LogP contribution in [0.3, 0.4) is 0 Å². The van der Waals surface area contributed by atoms with Crippen LogP contribution in [0, 0.1) is 3.57 Å². The van der Waals surface area contributed by atoms with Gasteiger partial charge >= 0.3 is 0 Å². The summed E-state index contributed by atoms with van der Waals surface area (Å²) >= 11 is 3.78. The normalized spacial score (nSPS) is 10.7. The highest BCUT2D eigenvalue weighted by atomic mass is 127. The van der Waals surface area contributed by atoms with Crippen molar-refractivity contribution in [3.63, 3.8) is 0 Å². The molecule has 0 spiro atoms. The third kappa shape index (κ3) is 2.64. The fourth-order valence-electron chi connectivity index (χ4n) is 1.97. The molecule has 0 unspecified atom stereocenters. The van der Waals surface area contributed by atoms with Crippen molar-refractivity contribution in [1.29, 1.82) is 0 Å². The SMILES string of the molecule is Nc1ccc(-c2sc(N)nc2-c2ccc(I)cc2)cc1. The van der Waals surface area contributed by atoms with Crippen LogP contribution < -0.4 is 11.5 Å². The van der Waals surface area contributed by atoms with Gasteiger partial charge in [-0.25, -0.2) is 4.98 Å². The number of hydrogen-bond donors (Lipinski definition) is 2. The zero-order valence-electron chi connectivity index (χ0n) is 10.5. The van der Waals surface area contributed by atoms with Crippen LogP contribution in [0.1, 0.15) is 0 Å². The Hall–Kier alpha value is -1.60. The van der Waals surface area contributed by atoms with Crippen LogP contribution in [0.25, 0.3) is 21.7 Å². The fourth-order valence-corrected chi connectivity index (χ4v) is 3.19. The molecule has 0 amide bonds. The second-order valence-electron chi connectivity index (χ2n) is 4.36. The number of anilines is 2. The van der Waals surface area contributed by atoms with Crippen molar-refractivity contribution in [3.05, 3.63) is 52.1 Å². The molecule has 0 radical (unpaired) electrons. The molecule has 0 saturated heterocycles. The van der Waals surface area contributed by atoms with Gasteiger partial charge in [0.2, 0.25) is 0 Å². The highest BCUT2D eigenvalue weighted by molar-refractivity contribution is 14.1. The van der Waals surface area contributed by atoms with Gasteiger partial charge in [-0.1, -0.05) is 35.6 Å². The summed E-state index contributed by atoms with van der Waals surface area (Å²) in [7, 11) is 0. The Morgan fingerprint density at radius 1 is 0.850 bits per heavy atom. The fraction of sp³-hybridized carbons (Fsp3) is 0. The number of benzene rings is 2. The predicted molar refractivity (Wildman–Crippen MR) is 94.5 cm³/mol. The topological polar surface area (TPSA) is 64.9 Å². The molecule has 20 heavy (non-hydrogen) atoms. The summed E-state index contributed by atoms with van der Waals surface area (Å²) in [6, 6.07) is 16.0. The Morgan fingerprint density at radius 2 is 1.45 bits per heavy atom. The lowest BCUT2D eigenvalue weighted by molar-refractivity contribution is 1.41. The van der Waals surface area contributed by atoms with Crippen LogP contribution >= 0.6 is 33.9 Å². The second-order valence-corrected chi connectivity index (χ2v) is 6.64. The molecule has 3 nitrogen and oxygen atoms in total. The minimum absolute atomic E-state index is 0.574. The lowest BCUT2D eigenvalue weighted by atomic mass is 10.1. The summed E-state index contributed by atoms with van der Waals surface area (Å²) in [6.45, 7) is 0. The number of aromatic nitrogens is 1. The minimum atomic E-state index is 0.574. The third-order valence-corrected chi connectivity index (χ3v) is 4.59. The maximum atomic E-state index is 5.90. The van der Waals surface area contributed by atoms with Crippen molar-refractivity contribution in [2.75, 3.05) is 11.5 Å². The van der Waals surface area contributed by atoms with Crippen LogP contribution in [0.5, 0.6) is 0 Å². The van der Waals surface area contributed by atoms with E-state index in [9.17, 15) is 0 Å². The number of rotatable bonds is 2. The van der Waals surface area contributed by atoms with Gasteiger partial charge < -0.3 is 11.5 Å². The molecule has 0 aliphatic heterocycles. The van der Waals surface area contributed by atoms with E-state index in [1.54, 1.807) is 0 Å². The highest BCUT2D eigenvalue weighted by Crippen LogP contribution is 2.38. The first kappa shape index (κ1) is 13.4. The molecule has 0 saturated carbocycles. The molecule has 3 aromatic rings. The maximum absolute atomic E-state index is 5.90. The number of thiazole rings is 1. The number of nitrogens with zero attached hydrogens (tertiary/aromatic N) is 1. The Bertz CT molecular complexity index is 670. The van der Waals surface area contributed by atoms with Gasteiger partial charge in [0.1, 0.15) is 0 Å². The van der Waals surface area contributed by atoms with Gasteiger partial charge in [0.25, 0.3) is 0 Å².